The zero-order chi connectivity index (χ0) is 20.1. The molecule has 0 atom stereocenters. The van der Waals surface area contributed by atoms with E-state index in [-0.39, 0.29) is 18.3 Å². The molecule has 3 rings (SSSR count). The van der Waals surface area contributed by atoms with E-state index >= 15 is 0 Å². The van der Waals surface area contributed by atoms with Crippen LogP contribution in [0.5, 0.6) is 0 Å². The molecule has 1 aromatic carbocycles. The molecule has 0 radical (unpaired) electrons. The van der Waals surface area contributed by atoms with E-state index in [1.807, 2.05) is 6.07 Å². The average molecular weight is 406 g/mol. The number of halogens is 1. The predicted octanol–water partition coefficient (Wildman–Crippen LogP) is 2.13. The summed E-state index contributed by atoms with van der Waals surface area (Å²) in [6, 6.07) is 6.71. The number of hydrogen-bond donors (Lipinski definition) is 1. The third-order valence-electron chi connectivity index (χ3n) is 4.70. The molecule has 1 amide bonds. The number of ether oxygens (including phenoxy) is 1. The summed E-state index contributed by atoms with van der Waals surface area (Å²) in [7, 11) is 1.70. The molecule has 28 heavy (non-hydrogen) atoms. The van der Waals surface area contributed by atoms with Crippen LogP contribution >= 0.6 is 11.5 Å². The molecule has 0 spiro atoms. The number of benzene rings is 1. The van der Waals surface area contributed by atoms with Crippen molar-refractivity contribution in [1.82, 2.24) is 14.2 Å². The molecule has 7 nitrogen and oxygen atoms in total. The zero-order valence-electron chi connectivity index (χ0n) is 15.9. The van der Waals surface area contributed by atoms with Gasteiger partial charge in [-0.3, -0.25) is 9.69 Å². The Morgan fingerprint density at radius 1 is 1.25 bits per heavy atom. The summed E-state index contributed by atoms with van der Waals surface area (Å²) in [4.78, 5) is 28.4. The van der Waals surface area contributed by atoms with Crippen LogP contribution in [0.1, 0.15) is 21.6 Å². The fourth-order valence-electron chi connectivity index (χ4n) is 3.09. The van der Waals surface area contributed by atoms with Gasteiger partial charge in [0.25, 0.3) is 5.91 Å². The molecule has 1 fully saturated rings. The van der Waals surface area contributed by atoms with Crippen LogP contribution in [0.2, 0.25) is 0 Å². The lowest BCUT2D eigenvalue weighted by molar-refractivity contribution is -0.136. The maximum atomic E-state index is 13.8. The monoisotopic (exact) mass is 406 g/mol. The van der Waals surface area contributed by atoms with E-state index in [1.165, 1.54) is 17.6 Å². The van der Waals surface area contributed by atoms with Gasteiger partial charge in [-0.15, -0.1) is 0 Å². The molecule has 1 N–H and O–H groups in total. The van der Waals surface area contributed by atoms with Gasteiger partial charge in [-0.1, -0.05) is 18.2 Å². The minimum atomic E-state index is -0.554. The van der Waals surface area contributed by atoms with Crippen molar-refractivity contribution < 1.29 is 18.7 Å². The van der Waals surface area contributed by atoms with Crippen LogP contribution in [0.4, 0.5) is 9.39 Å². The number of anilines is 1. The van der Waals surface area contributed by atoms with Gasteiger partial charge in [-0.05, 0) is 24.5 Å². The quantitative estimate of drug-likeness (QED) is 0.741. The average Bonchev–Trinajstić information content (AvgIpc) is 3.09. The van der Waals surface area contributed by atoms with Gasteiger partial charge in [0.15, 0.2) is 6.61 Å². The van der Waals surface area contributed by atoms with Crippen molar-refractivity contribution in [2.75, 3.05) is 45.2 Å². The van der Waals surface area contributed by atoms with E-state index in [2.05, 4.69) is 14.6 Å². The first kappa shape index (κ1) is 20.2. The van der Waals surface area contributed by atoms with Crippen molar-refractivity contribution in [3.63, 3.8) is 0 Å². The number of aromatic nitrogens is 1. The summed E-state index contributed by atoms with van der Waals surface area (Å²) < 4.78 is 23.1. The van der Waals surface area contributed by atoms with Gasteiger partial charge >= 0.3 is 5.97 Å². The first-order valence-corrected chi connectivity index (χ1v) is 9.81. The van der Waals surface area contributed by atoms with Crippen molar-refractivity contribution >= 4 is 28.4 Å². The molecule has 0 aliphatic carbocycles. The van der Waals surface area contributed by atoms with Crippen LogP contribution in [-0.4, -0.2) is 65.9 Å². The SMILES string of the molecule is CNc1snc(C)c1C(=O)OCC(=O)N1CCN(Cc2ccccc2F)CC1. The van der Waals surface area contributed by atoms with Crippen LogP contribution in [0.25, 0.3) is 0 Å². The van der Waals surface area contributed by atoms with E-state index in [0.29, 0.717) is 54.5 Å². The largest absolute Gasteiger partial charge is 0.452 e. The number of esters is 1. The standard InChI is InChI=1S/C19H23FN4O3S/c1-13-17(18(21-2)28-22-13)19(26)27-12-16(25)24-9-7-23(8-10-24)11-14-5-3-4-6-15(14)20/h3-6,21H,7-12H2,1-2H3. The topological polar surface area (TPSA) is 74.8 Å². The van der Waals surface area contributed by atoms with Gasteiger partial charge in [0, 0.05) is 45.3 Å². The highest BCUT2D eigenvalue weighted by Crippen LogP contribution is 2.24. The zero-order valence-corrected chi connectivity index (χ0v) is 16.7. The Labute approximate surface area is 167 Å². The van der Waals surface area contributed by atoms with Gasteiger partial charge in [-0.2, -0.15) is 4.37 Å². The highest BCUT2D eigenvalue weighted by atomic mass is 32.1. The molecule has 9 heteroatoms. The molecule has 0 saturated carbocycles. The number of nitrogens with one attached hydrogen (secondary N) is 1. The predicted molar refractivity (Wildman–Crippen MR) is 105 cm³/mol. The van der Waals surface area contributed by atoms with E-state index in [0.717, 1.165) is 0 Å². The second-order valence-corrected chi connectivity index (χ2v) is 7.32. The van der Waals surface area contributed by atoms with E-state index in [4.69, 9.17) is 4.74 Å². The molecule has 1 aliphatic rings. The Balaban J connectivity index is 1.47. The normalized spacial score (nSPS) is 14.8. The van der Waals surface area contributed by atoms with Crippen LogP contribution in [0.15, 0.2) is 24.3 Å². The number of rotatable bonds is 6. The number of carbonyl (C=O) groups is 2. The van der Waals surface area contributed by atoms with Crippen molar-refractivity contribution in [2.45, 2.75) is 13.5 Å². The summed E-state index contributed by atoms with van der Waals surface area (Å²) in [5.74, 6) is -1.00. The number of nitrogens with zero attached hydrogens (tertiary/aromatic N) is 3. The number of amides is 1. The van der Waals surface area contributed by atoms with Gasteiger partial charge in [0.1, 0.15) is 16.4 Å². The number of aryl methyl sites for hydroxylation is 1. The number of piperazine rings is 1. The Kier molecular flexibility index (Phi) is 6.58. The molecule has 1 aliphatic heterocycles. The molecule has 0 bridgehead atoms. The van der Waals surface area contributed by atoms with E-state index in [1.54, 1.807) is 31.0 Å². The lowest BCUT2D eigenvalue weighted by Crippen LogP contribution is -2.49. The van der Waals surface area contributed by atoms with Crippen molar-refractivity contribution in [3.8, 4) is 0 Å². The lowest BCUT2D eigenvalue weighted by atomic mass is 10.2. The molecular weight excluding hydrogens is 383 g/mol. The molecule has 0 unspecified atom stereocenters. The summed E-state index contributed by atoms with van der Waals surface area (Å²) in [6.45, 7) is 4.27. The maximum absolute atomic E-state index is 13.8. The third kappa shape index (κ3) is 4.66. The fourth-order valence-corrected chi connectivity index (χ4v) is 3.83. The van der Waals surface area contributed by atoms with Crippen LogP contribution in [-0.2, 0) is 16.1 Å². The Hall–Kier alpha value is -2.52. The molecular formula is C19H23FN4O3S. The van der Waals surface area contributed by atoms with Crippen LogP contribution < -0.4 is 5.32 Å². The molecule has 1 saturated heterocycles. The third-order valence-corrected chi connectivity index (χ3v) is 5.65. The Bertz CT molecular complexity index is 849. The summed E-state index contributed by atoms with van der Waals surface area (Å²) >= 11 is 1.18. The first-order chi connectivity index (χ1) is 13.5. The van der Waals surface area contributed by atoms with E-state index in [9.17, 15) is 14.0 Å². The minimum absolute atomic E-state index is 0.216. The first-order valence-electron chi connectivity index (χ1n) is 9.04. The fraction of sp³-hybridized carbons (Fsp3) is 0.421. The highest BCUT2D eigenvalue weighted by molar-refractivity contribution is 7.10. The van der Waals surface area contributed by atoms with Gasteiger partial charge in [0.2, 0.25) is 0 Å². The second kappa shape index (κ2) is 9.11. The van der Waals surface area contributed by atoms with Gasteiger partial charge in [-0.25, -0.2) is 9.18 Å². The summed E-state index contributed by atoms with van der Waals surface area (Å²) in [6.07, 6.45) is 0. The van der Waals surface area contributed by atoms with Crippen molar-refractivity contribution in [3.05, 3.63) is 46.9 Å². The van der Waals surface area contributed by atoms with Gasteiger partial charge in [0.05, 0.1) is 5.69 Å². The number of hydrogen-bond acceptors (Lipinski definition) is 7. The Morgan fingerprint density at radius 2 is 1.96 bits per heavy atom. The van der Waals surface area contributed by atoms with E-state index < -0.39 is 5.97 Å². The van der Waals surface area contributed by atoms with Crippen LogP contribution in [0, 0.1) is 12.7 Å². The summed E-state index contributed by atoms with van der Waals surface area (Å²) in [5.41, 5.74) is 1.60. The maximum Gasteiger partial charge on any atom is 0.343 e. The second-order valence-electron chi connectivity index (χ2n) is 6.55. The summed E-state index contributed by atoms with van der Waals surface area (Å²) in [5, 5.41) is 3.53. The minimum Gasteiger partial charge on any atom is -0.452 e. The molecule has 2 heterocycles. The molecule has 1 aromatic heterocycles. The molecule has 2 aromatic rings. The highest BCUT2D eigenvalue weighted by Gasteiger charge is 2.24. The smallest absolute Gasteiger partial charge is 0.343 e. The van der Waals surface area contributed by atoms with Crippen LogP contribution in [0.3, 0.4) is 0 Å². The lowest BCUT2D eigenvalue weighted by Gasteiger charge is -2.34. The van der Waals surface area contributed by atoms with Crippen molar-refractivity contribution in [2.24, 2.45) is 0 Å². The van der Waals surface area contributed by atoms with Crippen molar-refractivity contribution in [1.29, 1.82) is 0 Å². The number of carbonyl (C=O) groups excluding carboxylic acids is 2. The Morgan fingerprint density at radius 3 is 2.64 bits per heavy atom. The van der Waals surface area contributed by atoms with Gasteiger partial charge < -0.3 is 15.0 Å². The molecule has 150 valence electrons.